The first kappa shape index (κ1) is 12.1. The highest BCUT2D eigenvalue weighted by Crippen LogP contribution is 2.27. The lowest BCUT2D eigenvalue weighted by molar-refractivity contribution is 0.494. The van der Waals surface area contributed by atoms with Crippen molar-refractivity contribution in [3.63, 3.8) is 0 Å². The smallest absolute Gasteiger partial charge is 0.224 e. The summed E-state index contributed by atoms with van der Waals surface area (Å²) in [5.74, 6) is 3.29. The van der Waals surface area contributed by atoms with E-state index in [-0.39, 0.29) is 0 Å². The molecule has 94 valence electrons. The summed E-state index contributed by atoms with van der Waals surface area (Å²) in [7, 11) is 0. The Balaban J connectivity index is 2.20. The molecule has 1 aromatic heterocycles. The van der Waals surface area contributed by atoms with Crippen molar-refractivity contribution in [1.29, 1.82) is 0 Å². The predicted molar refractivity (Wildman–Crippen MR) is 71.5 cm³/mol. The summed E-state index contributed by atoms with van der Waals surface area (Å²) in [5, 5.41) is 3.19. The number of hydrogen-bond donors (Lipinski definition) is 1. The number of aryl methyl sites for hydroxylation is 1. The minimum absolute atomic E-state index is 0.743. The van der Waals surface area contributed by atoms with Gasteiger partial charge in [0.05, 0.1) is 0 Å². The fourth-order valence-corrected chi connectivity index (χ4v) is 2.27. The molecule has 1 aliphatic rings. The molecule has 0 aliphatic carbocycles. The number of hydrogen-bond acceptors (Lipinski definition) is 4. The molecule has 1 aliphatic heterocycles. The van der Waals surface area contributed by atoms with Crippen molar-refractivity contribution in [1.82, 2.24) is 9.97 Å². The Labute approximate surface area is 103 Å². The Morgan fingerprint density at radius 1 is 1.29 bits per heavy atom. The number of nitrogens with one attached hydrogen (secondary N) is 1. The van der Waals surface area contributed by atoms with E-state index in [2.05, 4.69) is 47.0 Å². The van der Waals surface area contributed by atoms with E-state index in [1.165, 1.54) is 0 Å². The van der Waals surface area contributed by atoms with E-state index in [1.807, 2.05) is 6.92 Å². The van der Waals surface area contributed by atoms with E-state index in [0.29, 0.717) is 0 Å². The van der Waals surface area contributed by atoms with E-state index >= 15 is 0 Å². The Morgan fingerprint density at radius 3 is 2.53 bits per heavy atom. The van der Waals surface area contributed by atoms with Gasteiger partial charge in [0.15, 0.2) is 0 Å². The maximum absolute atomic E-state index is 4.58. The average molecular weight is 234 g/mol. The molecule has 0 radical (unpaired) electrons. The van der Waals surface area contributed by atoms with Crippen molar-refractivity contribution >= 4 is 11.8 Å². The van der Waals surface area contributed by atoms with Crippen molar-refractivity contribution in [2.45, 2.75) is 27.7 Å². The molecule has 2 unspecified atom stereocenters. The third-order valence-corrected chi connectivity index (χ3v) is 3.49. The molecule has 1 N–H and O–H groups in total. The van der Waals surface area contributed by atoms with Crippen molar-refractivity contribution in [3.05, 3.63) is 11.8 Å². The molecule has 1 saturated heterocycles. The first-order valence-electron chi connectivity index (χ1n) is 6.44. The van der Waals surface area contributed by atoms with Crippen LogP contribution in [0.25, 0.3) is 0 Å². The van der Waals surface area contributed by atoms with Crippen LogP contribution in [0.2, 0.25) is 0 Å². The van der Waals surface area contributed by atoms with Gasteiger partial charge in [0.25, 0.3) is 0 Å². The monoisotopic (exact) mass is 234 g/mol. The zero-order valence-corrected chi connectivity index (χ0v) is 11.2. The average Bonchev–Trinajstić information content (AvgIpc) is 2.59. The van der Waals surface area contributed by atoms with Crippen LogP contribution in [0.5, 0.6) is 0 Å². The number of anilines is 2. The SMILES string of the molecule is CCNc1nc(C)cc(N2CC(C)C(C)C2)n1. The molecule has 2 atom stereocenters. The van der Waals surface area contributed by atoms with Crippen LogP contribution in [-0.4, -0.2) is 29.6 Å². The zero-order chi connectivity index (χ0) is 12.4. The quantitative estimate of drug-likeness (QED) is 0.871. The number of nitrogens with zero attached hydrogens (tertiary/aromatic N) is 3. The fraction of sp³-hybridized carbons (Fsp3) is 0.692. The van der Waals surface area contributed by atoms with E-state index in [1.54, 1.807) is 0 Å². The van der Waals surface area contributed by atoms with Crippen LogP contribution in [0.3, 0.4) is 0 Å². The van der Waals surface area contributed by atoms with Gasteiger partial charge in [-0.05, 0) is 25.7 Å². The standard InChI is InChI=1S/C13H22N4/c1-5-14-13-15-11(4)6-12(16-13)17-7-9(2)10(3)8-17/h6,9-10H,5,7-8H2,1-4H3,(H,14,15,16). The predicted octanol–water partition coefficient (Wildman–Crippen LogP) is 2.31. The second-order valence-electron chi connectivity index (χ2n) is 5.08. The highest BCUT2D eigenvalue weighted by molar-refractivity contribution is 5.45. The van der Waals surface area contributed by atoms with Gasteiger partial charge in [0.2, 0.25) is 5.95 Å². The van der Waals surface area contributed by atoms with Gasteiger partial charge in [0.1, 0.15) is 5.82 Å². The summed E-state index contributed by atoms with van der Waals surface area (Å²) in [6.45, 7) is 11.8. The molecular formula is C13H22N4. The van der Waals surface area contributed by atoms with Crippen molar-refractivity contribution < 1.29 is 0 Å². The Bertz CT molecular complexity index is 381. The Morgan fingerprint density at radius 2 is 1.94 bits per heavy atom. The molecule has 2 heterocycles. The van der Waals surface area contributed by atoms with E-state index in [4.69, 9.17) is 0 Å². The highest BCUT2D eigenvalue weighted by Gasteiger charge is 2.27. The second-order valence-corrected chi connectivity index (χ2v) is 5.08. The van der Waals surface area contributed by atoms with Crippen LogP contribution < -0.4 is 10.2 Å². The van der Waals surface area contributed by atoms with Crippen LogP contribution >= 0.6 is 0 Å². The molecule has 1 fully saturated rings. The molecule has 0 spiro atoms. The van der Waals surface area contributed by atoms with Gasteiger partial charge in [0, 0.05) is 31.4 Å². The van der Waals surface area contributed by atoms with Crippen LogP contribution in [-0.2, 0) is 0 Å². The maximum Gasteiger partial charge on any atom is 0.224 e. The van der Waals surface area contributed by atoms with E-state index in [9.17, 15) is 0 Å². The van der Waals surface area contributed by atoms with Gasteiger partial charge in [-0.2, -0.15) is 4.98 Å². The first-order chi connectivity index (χ1) is 8.10. The Kier molecular flexibility index (Phi) is 3.50. The molecule has 0 amide bonds. The van der Waals surface area contributed by atoms with Crippen molar-refractivity contribution in [3.8, 4) is 0 Å². The molecule has 4 nitrogen and oxygen atoms in total. The molecule has 0 aromatic carbocycles. The van der Waals surface area contributed by atoms with Gasteiger partial charge in [-0.15, -0.1) is 0 Å². The molecule has 2 rings (SSSR count). The van der Waals surface area contributed by atoms with Gasteiger partial charge in [-0.3, -0.25) is 0 Å². The summed E-state index contributed by atoms with van der Waals surface area (Å²) in [6, 6.07) is 2.08. The minimum atomic E-state index is 0.743. The summed E-state index contributed by atoms with van der Waals surface area (Å²) in [5.41, 5.74) is 1.03. The second kappa shape index (κ2) is 4.90. The molecule has 0 bridgehead atoms. The third kappa shape index (κ3) is 2.68. The van der Waals surface area contributed by atoms with E-state index in [0.717, 1.165) is 48.9 Å². The summed E-state index contributed by atoms with van der Waals surface area (Å²) in [4.78, 5) is 11.3. The fourth-order valence-electron chi connectivity index (χ4n) is 2.27. The largest absolute Gasteiger partial charge is 0.356 e. The van der Waals surface area contributed by atoms with Crippen LogP contribution in [0, 0.1) is 18.8 Å². The normalized spacial score (nSPS) is 24.1. The molecule has 4 heteroatoms. The van der Waals surface area contributed by atoms with Crippen LogP contribution in [0.15, 0.2) is 6.07 Å². The van der Waals surface area contributed by atoms with Crippen molar-refractivity contribution in [2.24, 2.45) is 11.8 Å². The van der Waals surface area contributed by atoms with Gasteiger partial charge >= 0.3 is 0 Å². The molecule has 17 heavy (non-hydrogen) atoms. The Hall–Kier alpha value is -1.32. The lowest BCUT2D eigenvalue weighted by Crippen LogP contribution is -2.21. The van der Waals surface area contributed by atoms with Gasteiger partial charge in [-0.25, -0.2) is 4.98 Å². The summed E-state index contributed by atoms with van der Waals surface area (Å²) < 4.78 is 0. The van der Waals surface area contributed by atoms with E-state index < -0.39 is 0 Å². The summed E-state index contributed by atoms with van der Waals surface area (Å²) in [6.07, 6.45) is 0. The lowest BCUT2D eigenvalue weighted by Gasteiger charge is -2.18. The summed E-state index contributed by atoms with van der Waals surface area (Å²) >= 11 is 0. The zero-order valence-electron chi connectivity index (χ0n) is 11.2. The third-order valence-electron chi connectivity index (χ3n) is 3.49. The molecule has 0 saturated carbocycles. The van der Waals surface area contributed by atoms with Crippen LogP contribution in [0.4, 0.5) is 11.8 Å². The van der Waals surface area contributed by atoms with Gasteiger partial charge in [-0.1, -0.05) is 13.8 Å². The maximum atomic E-state index is 4.58. The first-order valence-corrected chi connectivity index (χ1v) is 6.44. The lowest BCUT2D eigenvalue weighted by atomic mass is 10.0. The number of aromatic nitrogens is 2. The van der Waals surface area contributed by atoms with Gasteiger partial charge < -0.3 is 10.2 Å². The number of rotatable bonds is 3. The van der Waals surface area contributed by atoms with Crippen LogP contribution in [0.1, 0.15) is 26.5 Å². The molecular weight excluding hydrogens is 212 g/mol. The minimum Gasteiger partial charge on any atom is -0.356 e. The highest BCUT2D eigenvalue weighted by atomic mass is 15.2. The van der Waals surface area contributed by atoms with Crippen molar-refractivity contribution in [2.75, 3.05) is 29.9 Å². The topological polar surface area (TPSA) is 41.1 Å². The molecule has 1 aromatic rings.